The maximum atomic E-state index is 16.8. The number of aromatic nitrogens is 2. The van der Waals surface area contributed by atoms with Crippen LogP contribution in [0.5, 0.6) is 11.5 Å². The van der Waals surface area contributed by atoms with Crippen molar-refractivity contribution in [3.05, 3.63) is 129 Å². The zero-order chi connectivity index (χ0) is 35.8. The van der Waals surface area contributed by atoms with E-state index in [-0.39, 0.29) is 12.6 Å². The van der Waals surface area contributed by atoms with Crippen LogP contribution in [0.4, 0.5) is 4.39 Å². The van der Waals surface area contributed by atoms with Gasteiger partial charge in [-0.15, -0.1) is 0 Å². The first kappa shape index (κ1) is 35.5. The standard InChI is InChI=1S/C38H43FN3O8P/c1-37-22-9-8-12-31(37)41(2)51(50-37)49-34-30(48-35(33(34)39)42-23-21-32(43)40-36(42)44)24-47-38(25-10-6-5-7-11-25,26-13-17-28(45-3)18-14-26)27-15-19-29(46-4)20-16-27/h5-7,10-11,13-21,23,30-31,33-35H,8-9,12,22,24H2,1-4H3,(H,40,43,44)/t30-,31+,33-,34-,35-,37+,51-/m1/s1. The maximum absolute atomic E-state index is 16.8. The van der Waals surface area contributed by atoms with Gasteiger partial charge in [-0.2, -0.15) is 0 Å². The van der Waals surface area contributed by atoms with E-state index in [0.717, 1.165) is 53.0 Å². The van der Waals surface area contributed by atoms with Gasteiger partial charge >= 0.3 is 5.69 Å². The van der Waals surface area contributed by atoms with Gasteiger partial charge in [0.25, 0.3) is 14.1 Å². The second-order valence-corrected chi connectivity index (χ2v) is 14.9. The highest BCUT2D eigenvalue weighted by atomic mass is 31.2. The largest absolute Gasteiger partial charge is 0.497 e. The Labute approximate surface area is 297 Å². The van der Waals surface area contributed by atoms with Gasteiger partial charge < -0.3 is 28.0 Å². The molecule has 11 nitrogen and oxygen atoms in total. The van der Waals surface area contributed by atoms with Crippen molar-refractivity contribution in [2.45, 2.75) is 74.5 Å². The van der Waals surface area contributed by atoms with Crippen LogP contribution < -0.4 is 20.7 Å². The Morgan fingerprint density at radius 2 is 1.55 bits per heavy atom. The minimum Gasteiger partial charge on any atom is -0.497 e. The average Bonchev–Trinajstić information content (AvgIpc) is 3.60. The third kappa shape index (κ3) is 6.65. The maximum Gasteiger partial charge on any atom is 0.330 e. The molecule has 1 aliphatic carbocycles. The molecule has 1 saturated carbocycles. The molecule has 13 heteroatoms. The monoisotopic (exact) mass is 719 g/mol. The number of fused-ring (bicyclic) bond motifs is 1. The van der Waals surface area contributed by atoms with Crippen molar-refractivity contribution in [2.75, 3.05) is 27.9 Å². The molecule has 2 saturated heterocycles. The number of nitrogens with one attached hydrogen (secondary N) is 1. The van der Waals surface area contributed by atoms with E-state index in [4.69, 9.17) is 28.0 Å². The quantitative estimate of drug-likeness (QED) is 0.146. The molecule has 1 N–H and O–H groups in total. The molecule has 1 aromatic heterocycles. The van der Waals surface area contributed by atoms with Crippen molar-refractivity contribution in [2.24, 2.45) is 0 Å². The van der Waals surface area contributed by atoms with E-state index in [9.17, 15) is 9.59 Å². The smallest absolute Gasteiger partial charge is 0.330 e. The molecule has 0 unspecified atom stereocenters. The van der Waals surface area contributed by atoms with Crippen molar-refractivity contribution in [1.82, 2.24) is 14.2 Å². The van der Waals surface area contributed by atoms with Crippen LogP contribution in [0.2, 0.25) is 0 Å². The molecule has 7 atom stereocenters. The first-order valence-electron chi connectivity index (χ1n) is 17.1. The Kier molecular flexibility index (Phi) is 10.2. The van der Waals surface area contributed by atoms with E-state index >= 15 is 4.39 Å². The number of aromatic amines is 1. The van der Waals surface area contributed by atoms with E-state index in [0.29, 0.717) is 11.5 Å². The van der Waals surface area contributed by atoms with Crippen molar-refractivity contribution >= 4 is 8.53 Å². The van der Waals surface area contributed by atoms with Gasteiger partial charge in [0.2, 0.25) is 0 Å². The summed E-state index contributed by atoms with van der Waals surface area (Å²) in [5.41, 5.74) is -0.590. The van der Waals surface area contributed by atoms with Crippen molar-refractivity contribution in [1.29, 1.82) is 0 Å². The van der Waals surface area contributed by atoms with Crippen LogP contribution in [-0.2, 0) is 24.1 Å². The Bertz CT molecular complexity index is 1860. The summed E-state index contributed by atoms with van der Waals surface area (Å²) >= 11 is 0. The SMILES string of the molecule is COc1ccc(C(OC[C@H]2O[C@@H](n3ccc(=O)[nH]c3=O)[C@H](F)[C@@H]2O[P@]2O[C@@]3(C)CCCC[C@@H]3N2C)(c2ccccc2)c2ccc(OC)cc2)cc1. The van der Waals surface area contributed by atoms with Crippen molar-refractivity contribution in [3.8, 4) is 11.5 Å². The highest BCUT2D eigenvalue weighted by molar-refractivity contribution is 7.45. The van der Waals surface area contributed by atoms with Crippen LogP contribution in [-0.4, -0.2) is 72.1 Å². The van der Waals surface area contributed by atoms with Crippen molar-refractivity contribution < 1.29 is 32.4 Å². The molecule has 51 heavy (non-hydrogen) atoms. The van der Waals surface area contributed by atoms with Crippen LogP contribution >= 0.6 is 8.53 Å². The van der Waals surface area contributed by atoms with Crippen LogP contribution in [0, 0.1) is 0 Å². The van der Waals surface area contributed by atoms with Gasteiger partial charge in [0.15, 0.2) is 12.4 Å². The number of methoxy groups -OCH3 is 2. The lowest BCUT2D eigenvalue weighted by Gasteiger charge is -2.37. The van der Waals surface area contributed by atoms with Crippen LogP contribution in [0.25, 0.3) is 0 Å². The lowest BCUT2D eigenvalue weighted by Crippen LogP contribution is -2.43. The predicted octanol–water partition coefficient (Wildman–Crippen LogP) is 6.07. The summed E-state index contributed by atoms with van der Waals surface area (Å²) in [4.78, 5) is 27.0. The molecule has 270 valence electrons. The number of rotatable bonds is 11. The normalized spacial score (nSPS) is 28.0. The average molecular weight is 720 g/mol. The van der Waals surface area contributed by atoms with Crippen LogP contribution in [0.3, 0.4) is 0 Å². The molecular weight excluding hydrogens is 676 g/mol. The third-order valence-electron chi connectivity index (χ3n) is 10.3. The fraction of sp³-hybridized carbons (Fsp3) is 0.421. The van der Waals surface area contributed by atoms with Crippen LogP contribution in [0.15, 0.2) is 101 Å². The van der Waals surface area contributed by atoms with Gasteiger partial charge in [0.05, 0.1) is 26.4 Å². The van der Waals surface area contributed by atoms with Gasteiger partial charge in [0, 0.05) is 18.3 Å². The van der Waals surface area contributed by atoms with Gasteiger partial charge in [-0.25, -0.2) is 13.9 Å². The van der Waals surface area contributed by atoms with Crippen LogP contribution in [0.1, 0.15) is 55.5 Å². The molecule has 0 spiro atoms. The van der Waals surface area contributed by atoms with Gasteiger partial charge in [-0.05, 0) is 67.8 Å². The number of alkyl halides is 1. The Hall–Kier alpha value is -3.90. The summed E-state index contributed by atoms with van der Waals surface area (Å²) < 4.78 is 57.5. The molecule has 4 aromatic rings. The fourth-order valence-electron chi connectivity index (χ4n) is 7.62. The lowest BCUT2D eigenvalue weighted by atomic mass is 9.80. The minimum absolute atomic E-state index is 0.139. The summed E-state index contributed by atoms with van der Waals surface area (Å²) in [5.74, 6) is 1.35. The zero-order valence-electron chi connectivity index (χ0n) is 29.1. The summed E-state index contributed by atoms with van der Waals surface area (Å²) in [7, 11) is 3.51. The number of benzene rings is 3. The molecule has 0 amide bonds. The Balaban J connectivity index is 1.29. The Morgan fingerprint density at radius 1 is 0.922 bits per heavy atom. The summed E-state index contributed by atoms with van der Waals surface area (Å²) in [6.45, 7) is 1.96. The first-order chi connectivity index (χ1) is 24.7. The number of H-pyrrole nitrogens is 1. The van der Waals surface area contributed by atoms with Gasteiger partial charge in [-0.3, -0.25) is 14.3 Å². The molecule has 3 fully saturated rings. The highest BCUT2D eigenvalue weighted by Crippen LogP contribution is 2.61. The molecular formula is C38H43FN3O8P. The number of hydrogen-bond acceptors (Lipinski definition) is 9. The third-order valence-corrected chi connectivity index (χ3v) is 12.1. The molecule has 3 aliphatic rings. The molecule has 0 radical (unpaired) electrons. The second kappa shape index (κ2) is 14.6. The number of halogens is 1. The van der Waals surface area contributed by atoms with E-state index in [2.05, 4.69) is 16.6 Å². The molecule has 0 bridgehead atoms. The molecule has 7 rings (SSSR count). The van der Waals surface area contributed by atoms with Gasteiger partial charge in [-0.1, -0.05) is 67.4 Å². The molecule has 3 heterocycles. The summed E-state index contributed by atoms with van der Waals surface area (Å²) in [6, 6.07) is 26.3. The van der Waals surface area contributed by atoms with E-state index < -0.39 is 55.6 Å². The summed E-state index contributed by atoms with van der Waals surface area (Å²) in [6.07, 6.45) is -0.135. The lowest BCUT2D eigenvalue weighted by molar-refractivity contribution is -0.0932. The van der Waals surface area contributed by atoms with E-state index in [1.165, 1.54) is 6.20 Å². The fourth-order valence-corrected chi connectivity index (χ4v) is 9.56. The first-order valence-corrected chi connectivity index (χ1v) is 18.3. The number of hydrogen-bond donors (Lipinski definition) is 1. The number of likely N-dealkylation sites (N-methyl/N-ethyl adjacent to an activating group) is 1. The Morgan fingerprint density at radius 3 is 2.14 bits per heavy atom. The van der Waals surface area contributed by atoms with E-state index in [1.54, 1.807) is 14.2 Å². The topological polar surface area (TPSA) is 113 Å². The predicted molar refractivity (Wildman–Crippen MR) is 190 cm³/mol. The zero-order valence-corrected chi connectivity index (χ0v) is 30.0. The number of ether oxygens (including phenoxy) is 4. The highest BCUT2D eigenvalue weighted by Gasteiger charge is 2.56. The minimum atomic E-state index is -1.80. The molecule has 2 aliphatic heterocycles. The molecule has 3 aromatic carbocycles. The summed E-state index contributed by atoms with van der Waals surface area (Å²) in [5, 5.41) is 0. The van der Waals surface area contributed by atoms with Gasteiger partial charge in [0.1, 0.15) is 29.3 Å². The van der Waals surface area contributed by atoms with E-state index in [1.807, 2.05) is 85.9 Å². The van der Waals surface area contributed by atoms with Crippen molar-refractivity contribution in [3.63, 3.8) is 0 Å². The number of nitrogens with zero attached hydrogens (tertiary/aromatic N) is 2. The second-order valence-electron chi connectivity index (χ2n) is 13.4.